The van der Waals surface area contributed by atoms with Gasteiger partial charge in [-0.25, -0.2) is 0 Å². The van der Waals surface area contributed by atoms with Gasteiger partial charge in [-0.1, -0.05) is 42.0 Å². The second-order valence-electron chi connectivity index (χ2n) is 3.02. The Bertz CT molecular complexity index is 314. The predicted molar refractivity (Wildman–Crippen MR) is 54.3 cm³/mol. The van der Waals surface area contributed by atoms with Gasteiger partial charge in [-0.3, -0.25) is 0 Å². The van der Waals surface area contributed by atoms with E-state index in [9.17, 15) is 0 Å². The maximum atomic E-state index is 8.30. The van der Waals surface area contributed by atoms with Gasteiger partial charge in [0, 0.05) is 0 Å². The van der Waals surface area contributed by atoms with E-state index >= 15 is 0 Å². The quantitative estimate of drug-likeness (QED) is 0.641. The van der Waals surface area contributed by atoms with Crippen molar-refractivity contribution < 1.29 is 0 Å². The van der Waals surface area contributed by atoms with Crippen LogP contribution in [0.2, 0.25) is 0 Å². The number of hydrogen-bond acceptors (Lipinski definition) is 1. The first-order chi connectivity index (χ1) is 6.33. The molecule has 66 valence electrons. The van der Waals surface area contributed by atoms with Crippen LogP contribution in [-0.4, -0.2) is 0 Å². The number of hydrogen-bond donors (Lipinski definition) is 0. The van der Waals surface area contributed by atoms with E-state index in [1.165, 1.54) is 11.1 Å². The van der Waals surface area contributed by atoms with E-state index in [0.29, 0.717) is 6.42 Å². The summed E-state index contributed by atoms with van der Waals surface area (Å²) < 4.78 is 0. The van der Waals surface area contributed by atoms with Crippen molar-refractivity contribution in [2.24, 2.45) is 0 Å². The van der Waals surface area contributed by atoms with Gasteiger partial charge in [-0.2, -0.15) is 5.26 Å². The van der Waals surface area contributed by atoms with Crippen LogP contribution >= 0.6 is 0 Å². The molecule has 1 nitrogen and oxygen atoms in total. The minimum atomic E-state index is 0.506. The maximum absolute atomic E-state index is 8.30. The van der Waals surface area contributed by atoms with Gasteiger partial charge >= 0.3 is 0 Å². The van der Waals surface area contributed by atoms with Crippen LogP contribution in [0.4, 0.5) is 0 Å². The third-order valence-corrected chi connectivity index (χ3v) is 1.85. The fourth-order valence-electron chi connectivity index (χ4n) is 1.08. The monoisotopic (exact) mass is 171 g/mol. The van der Waals surface area contributed by atoms with Gasteiger partial charge < -0.3 is 0 Å². The molecule has 0 bridgehead atoms. The molecule has 1 aromatic carbocycles. The molecule has 0 aliphatic carbocycles. The van der Waals surface area contributed by atoms with Gasteiger partial charge in [-0.05, 0) is 18.9 Å². The number of allylic oxidation sites excluding steroid dienone is 2. The highest BCUT2D eigenvalue weighted by Gasteiger charge is 1.87. The first-order valence-electron chi connectivity index (χ1n) is 4.40. The Morgan fingerprint density at radius 1 is 1.23 bits per heavy atom. The van der Waals surface area contributed by atoms with Crippen LogP contribution in [0.3, 0.4) is 0 Å². The van der Waals surface area contributed by atoms with Crippen LogP contribution < -0.4 is 0 Å². The van der Waals surface area contributed by atoms with Gasteiger partial charge in [0.1, 0.15) is 0 Å². The highest BCUT2D eigenvalue weighted by molar-refractivity contribution is 5.23. The fraction of sp³-hybridized carbons (Fsp3) is 0.250. The van der Waals surface area contributed by atoms with E-state index in [1.807, 2.05) is 12.2 Å². The van der Waals surface area contributed by atoms with Crippen molar-refractivity contribution in [2.45, 2.75) is 19.8 Å². The third-order valence-electron chi connectivity index (χ3n) is 1.85. The summed E-state index contributed by atoms with van der Waals surface area (Å²) in [5, 5.41) is 8.30. The van der Waals surface area contributed by atoms with Crippen LogP contribution in [-0.2, 0) is 6.42 Å². The molecule has 1 heteroatoms. The molecular weight excluding hydrogens is 158 g/mol. The lowest BCUT2D eigenvalue weighted by Gasteiger charge is -1.96. The number of aryl methyl sites for hydroxylation is 1. The first-order valence-corrected chi connectivity index (χ1v) is 4.40. The molecule has 0 atom stereocenters. The number of benzene rings is 1. The molecule has 1 aromatic rings. The Morgan fingerprint density at radius 2 is 1.92 bits per heavy atom. The summed E-state index contributed by atoms with van der Waals surface area (Å²) in [7, 11) is 0. The fourth-order valence-corrected chi connectivity index (χ4v) is 1.08. The Labute approximate surface area is 79.3 Å². The van der Waals surface area contributed by atoms with Gasteiger partial charge in [-0.15, -0.1) is 0 Å². The first kappa shape index (κ1) is 9.54. The van der Waals surface area contributed by atoms with Crippen molar-refractivity contribution in [3.05, 3.63) is 47.5 Å². The Morgan fingerprint density at radius 3 is 2.54 bits per heavy atom. The number of rotatable bonds is 3. The normalized spacial score (nSPS) is 10.2. The van der Waals surface area contributed by atoms with E-state index in [4.69, 9.17) is 5.26 Å². The average Bonchev–Trinajstić information content (AvgIpc) is 2.15. The lowest BCUT2D eigenvalue weighted by molar-refractivity contribution is 1.23. The van der Waals surface area contributed by atoms with E-state index in [-0.39, 0.29) is 0 Å². The van der Waals surface area contributed by atoms with Gasteiger partial charge in [0.2, 0.25) is 0 Å². The summed E-state index contributed by atoms with van der Waals surface area (Å²) in [6.07, 6.45) is 5.36. The largest absolute Gasteiger partial charge is 0.198 e. The maximum Gasteiger partial charge on any atom is 0.0663 e. The Kier molecular flexibility index (Phi) is 3.78. The van der Waals surface area contributed by atoms with Crippen LogP contribution in [0.1, 0.15) is 17.5 Å². The SMILES string of the molecule is Cc1ccc(CC=CCC#N)cc1. The van der Waals surface area contributed by atoms with E-state index in [2.05, 4.69) is 37.3 Å². The molecule has 0 aliphatic rings. The van der Waals surface area contributed by atoms with E-state index < -0.39 is 0 Å². The Balaban J connectivity index is 2.47. The van der Waals surface area contributed by atoms with Crippen molar-refractivity contribution in [1.29, 1.82) is 5.26 Å². The molecule has 0 unspecified atom stereocenters. The van der Waals surface area contributed by atoms with Gasteiger partial charge in [0.05, 0.1) is 12.5 Å². The summed E-state index contributed by atoms with van der Waals surface area (Å²) >= 11 is 0. The molecule has 0 heterocycles. The molecule has 0 N–H and O–H groups in total. The average molecular weight is 171 g/mol. The van der Waals surface area contributed by atoms with Crippen LogP contribution in [0.15, 0.2) is 36.4 Å². The molecule has 13 heavy (non-hydrogen) atoms. The molecule has 1 rings (SSSR count). The zero-order valence-corrected chi connectivity index (χ0v) is 7.83. The predicted octanol–water partition coefficient (Wildman–Crippen LogP) is 3.01. The molecule has 0 fully saturated rings. The standard InChI is InChI=1S/C12H13N/c1-11-6-8-12(9-7-11)5-3-2-4-10-13/h2-3,6-9H,4-5H2,1H3. The van der Waals surface area contributed by atoms with Crippen molar-refractivity contribution in [3.8, 4) is 6.07 Å². The molecule has 0 aliphatic heterocycles. The summed E-state index contributed by atoms with van der Waals surface area (Å²) in [6, 6.07) is 10.5. The van der Waals surface area contributed by atoms with E-state index in [0.717, 1.165) is 6.42 Å². The van der Waals surface area contributed by atoms with Crippen molar-refractivity contribution >= 4 is 0 Å². The van der Waals surface area contributed by atoms with Crippen molar-refractivity contribution in [1.82, 2.24) is 0 Å². The zero-order valence-electron chi connectivity index (χ0n) is 7.83. The van der Waals surface area contributed by atoms with Crippen LogP contribution in [0.25, 0.3) is 0 Å². The smallest absolute Gasteiger partial charge is 0.0663 e. The Hall–Kier alpha value is -1.55. The third kappa shape index (κ3) is 3.57. The summed E-state index contributed by atoms with van der Waals surface area (Å²) in [5.41, 5.74) is 2.57. The second-order valence-corrected chi connectivity index (χ2v) is 3.02. The van der Waals surface area contributed by atoms with E-state index in [1.54, 1.807) is 0 Å². The number of nitrogens with zero attached hydrogens (tertiary/aromatic N) is 1. The molecule has 0 radical (unpaired) electrons. The van der Waals surface area contributed by atoms with Gasteiger partial charge in [0.25, 0.3) is 0 Å². The van der Waals surface area contributed by atoms with Crippen LogP contribution in [0.5, 0.6) is 0 Å². The zero-order chi connectivity index (χ0) is 9.52. The minimum absolute atomic E-state index is 0.506. The molecule has 0 saturated carbocycles. The molecule has 0 spiro atoms. The lowest BCUT2D eigenvalue weighted by atomic mass is 10.1. The van der Waals surface area contributed by atoms with Gasteiger partial charge in [0.15, 0.2) is 0 Å². The second kappa shape index (κ2) is 5.16. The lowest BCUT2D eigenvalue weighted by Crippen LogP contribution is -1.80. The number of nitriles is 1. The molecular formula is C12H13N. The van der Waals surface area contributed by atoms with Crippen molar-refractivity contribution in [3.63, 3.8) is 0 Å². The highest BCUT2D eigenvalue weighted by atomic mass is 14.2. The molecule has 0 aromatic heterocycles. The summed E-state index contributed by atoms with van der Waals surface area (Å²) in [6.45, 7) is 2.08. The highest BCUT2D eigenvalue weighted by Crippen LogP contribution is 2.04. The van der Waals surface area contributed by atoms with Crippen molar-refractivity contribution in [2.75, 3.05) is 0 Å². The molecule has 0 amide bonds. The summed E-state index contributed by atoms with van der Waals surface area (Å²) in [4.78, 5) is 0. The topological polar surface area (TPSA) is 23.8 Å². The van der Waals surface area contributed by atoms with Crippen LogP contribution in [0, 0.1) is 18.3 Å². The molecule has 0 saturated heterocycles. The minimum Gasteiger partial charge on any atom is -0.198 e. The summed E-state index contributed by atoms with van der Waals surface area (Å²) in [5.74, 6) is 0.